The van der Waals surface area contributed by atoms with Crippen LogP contribution in [0.5, 0.6) is 11.5 Å². The molecule has 5 heterocycles. The predicted molar refractivity (Wildman–Crippen MR) is 463 cm³/mol. The summed E-state index contributed by atoms with van der Waals surface area (Å²) in [7, 11) is 3.34. The molecule has 0 atom stereocenters. The molecule has 0 N–H and O–H groups in total. The van der Waals surface area contributed by atoms with Crippen molar-refractivity contribution in [3.8, 4) is 67.8 Å². The molecule has 17 aromatic rings. The van der Waals surface area contributed by atoms with Crippen LogP contribution in [-0.2, 0) is 117 Å². The molecule has 0 bridgehead atoms. The van der Waals surface area contributed by atoms with E-state index in [9.17, 15) is 13.2 Å². The number of anilines is 6. The molecule has 17 heteroatoms. The van der Waals surface area contributed by atoms with Gasteiger partial charge in [0.1, 0.15) is 11.5 Å². The molecule has 9 nitrogen and oxygen atoms in total. The Labute approximate surface area is 773 Å². The number of hydrogen-bond acceptors (Lipinski definition) is 9. The van der Waals surface area contributed by atoms with Gasteiger partial charge in [0.05, 0.1) is 14.2 Å². The number of para-hydroxylation sites is 2. The normalized spacial score (nSPS) is 12.4. The molecule has 5 aromatic heterocycles. The smallest absolute Gasteiger partial charge is 0.119 e. The molecule has 615 valence electrons. The molecule has 12 aromatic carbocycles. The Morgan fingerprint density at radius 1 is 0.322 bits per heavy atom. The summed E-state index contributed by atoms with van der Waals surface area (Å²) in [6.45, 7) is 16.3. The van der Waals surface area contributed by atoms with E-state index in [1.807, 2.05) is 152 Å². The largest absolute Gasteiger partial charge is 0.497 e. The average Bonchev–Trinajstić information content (AvgIpc) is 0.726. The summed E-state index contributed by atoms with van der Waals surface area (Å²) in [6.07, 6.45) is 8.97. The van der Waals surface area contributed by atoms with Crippen molar-refractivity contribution in [3.63, 3.8) is 0 Å². The number of nitrogens with zero attached hydrogens (tertiary/aromatic N) is 7. The van der Waals surface area contributed by atoms with Gasteiger partial charge in [-0.1, -0.05) is 180 Å². The van der Waals surface area contributed by atoms with Crippen molar-refractivity contribution in [2.45, 2.75) is 71.6 Å². The molecule has 0 aliphatic heterocycles. The first kappa shape index (κ1) is 91.2. The fourth-order valence-corrected chi connectivity index (χ4v) is 16.4. The zero-order valence-electron chi connectivity index (χ0n) is 67.7. The Kier molecular flexibility index (Phi) is 29.4. The van der Waals surface area contributed by atoms with E-state index >= 15 is 0 Å². The van der Waals surface area contributed by atoms with Gasteiger partial charge in [-0.25, -0.2) is 13.2 Å². The van der Waals surface area contributed by atoms with Crippen LogP contribution in [-0.4, -0.2) is 39.1 Å². The van der Waals surface area contributed by atoms with Gasteiger partial charge in [-0.2, -0.15) is 0 Å². The first-order valence-corrected chi connectivity index (χ1v) is 38.5. The van der Waals surface area contributed by atoms with Crippen LogP contribution >= 0.6 is 0 Å². The van der Waals surface area contributed by atoms with Crippen molar-refractivity contribution in [1.29, 1.82) is 0 Å². The molecule has 3 aliphatic carbocycles. The Balaban J connectivity index is 0.000000147. The molecule has 5 radical (unpaired) electrons. The third-order valence-corrected chi connectivity index (χ3v) is 22.1. The number of hydrogen-bond donors (Lipinski definition) is 0. The predicted octanol–water partition coefficient (Wildman–Crippen LogP) is 26.1. The Morgan fingerprint density at radius 2 is 0.711 bits per heavy atom. The molecule has 0 spiro atoms. The van der Waals surface area contributed by atoms with Crippen molar-refractivity contribution in [2.75, 3.05) is 24.0 Å². The molecule has 3 aliphatic rings. The number of halogens is 3. The number of aryl methyl sites for hydroxylation is 2. The maximum atomic E-state index is 14.8. The quantitative estimate of drug-likeness (QED) is 0.124. The van der Waals surface area contributed by atoms with E-state index in [2.05, 4.69) is 217 Å². The Bertz CT molecular complexity index is 6400. The topological polar surface area (TPSA) is 89.4 Å². The Morgan fingerprint density at radius 3 is 1.14 bits per heavy atom. The van der Waals surface area contributed by atoms with Gasteiger partial charge in [0.2, 0.25) is 0 Å². The molecule has 0 amide bonds. The summed E-state index contributed by atoms with van der Waals surface area (Å²) in [4.78, 5) is 26.9. The van der Waals surface area contributed by atoms with Crippen LogP contribution in [0.4, 0.5) is 47.3 Å². The summed E-state index contributed by atoms with van der Waals surface area (Å²) < 4.78 is 54.3. The fourth-order valence-electron chi connectivity index (χ4n) is 16.4. The zero-order chi connectivity index (χ0) is 80.4. The maximum absolute atomic E-state index is 14.8. The number of methoxy groups -OCH3 is 2. The van der Waals surface area contributed by atoms with Gasteiger partial charge < -0.3 is 44.2 Å². The molecule has 0 unspecified atom stereocenters. The van der Waals surface area contributed by atoms with E-state index < -0.39 is 5.41 Å². The molecule has 0 saturated carbocycles. The summed E-state index contributed by atoms with van der Waals surface area (Å²) >= 11 is 0. The monoisotopic (exact) mass is 2480 g/mol. The first-order chi connectivity index (χ1) is 56.3. The summed E-state index contributed by atoms with van der Waals surface area (Å²) in [6, 6.07) is 108. The van der Waals surface area contributed by atoms with E-state index in [0.717, 1.165) is 146 Å². The summed E-state index contributed by atoms with van der Waals surface area (Å²) in [5, 5.41) is 6.85. The fraction of sp³-hybridized carbons (Fsp3) is 0.125. The Hall–Kier alpha value is -10.6. The third kappa shape index (κ3) is 17.9. The van der Waals surface area contributed by atoms with Crippen LogP contribution in [0, 0.1) is 61.6 Å². The second-order valence-corrected chi connectivity index (χ2v) is 30.3. The average molecular weight is 2480 g/mol. The van der Waals surface area contributed by atoms with Crippen molar-refractivity contribution in [2.24, 2.45) is 0 Å². The van der Waals surface area contributed by atoms with Gasteiger partial charge in [0, 0.05) is 172 Å². The zero-order valence-corrected chi connectivity index (χ0v) is 79.7. The van der Waals surface area contributed by atoms with E-state index in [4.69, 9.17) is 9.47 Å². The summed E-state index contributed by atoms with van der Waals surface area (Å²) in [5.41, 5.74) is 21.2. The van der Waals surface area contributed by atoms with Gasteiger partial charge in [-0.15, -0.1) is 125 Å². The maximum Gasteiger partial charge on any atom is 0.119 e. The van der Waals surface area contributed by atoms with E-state index in [0.29, 0.717) is 22.3 Å². The van der Waals surface area contributed by atoms with Crippen LogP contribution in [0.1, 0.15) is 86.1 Å². The minimum atomic E-state index is -0.391. The number of rotatable bonds is 10. The van der Waals surface area contributed by atoms with Crippen molar-refractivity contribution in [1.82, 2.24) is 24.9 Å². The second-order valence-electron chi connectivity index (χ2n) is 30.3. The molecule has 0 fully saturated rings. The van der Waals surface area contributed by atoms with E-state index in [1.54, 1.807) is 64.1 Å². The number of aromatic nitrogens is 5. The van der Waals surface area contributed by atoms with Crippen LogP contribution in [0.25, 0.3) is 88.6 Å². The van der Waals surface area contributed by atoms with Crippen LogP contribution in [0.2, 0.25) is 0 Å². The minimum absolute atomic E-state index is 0. The first-order valence-electron chi connectivity index (χ1n) is 38.5. The van der Waals surface area contributed by atoms with E-state index in [1.165, 1.54) is 23.1 Å². The van der Waals surface area contributed by atoms with Gasteiger partial charge in [-0.05, 0) is 221 Å². The standard InChI is InChI=1S/C25H21N2O2.C23H17N2.2C19H15FN.C18H13FN.5Ir/c1-28-23-13-9-20(10-14-23)27(21-11-15-24(29-2)16-12-21)22-7-5-6-19(18-22)25-8-3-4-17-26-25;1-3-11-20(12-4-1)25(21-13-5-2-6-14-21)22-15-9-10-19(18-22)23-16-7-8-17-24-23;1-11-7-8-14-16-12(11)9-10-21-18(16)13-5-4-6-15(20)17(13)19(14,2)3;1-11-7-8-13-16(17(11)20)19(2,3)14-6-4-5-12-9-10-21-18(13)15(12)14;1-18(2)13-7-3-5-11-9-10-20-17(15(11)13)12-6-4-8-14(19)16(12)18;;;;;/h3-5,7-18H,1-2H3;1-9,11-18H;4,6-10H,1-3H3;4-7,9-10H,1-3H3;3-5,7-10H,1-2H3;;;;;/q5*-1;;;;;. The SMILES string of the molecule is CC1(C)c2c([c-]ccc2F)-c2nccc3cccc1c23.COc1ccc(N(c2ccc(OC)cc2)c2cc[c-]c(-c3ccccn3)c2)cc1.Cc1c[c-]c2c(c1F)C(C)(C)c1cccc3ccnc-2c13.Cc1ccc2c3c(nccc13)-c1[c-]ccc(F)c1C2(C)C.[Ir].[Ir].[Ir].[Ir].[Ir].[c-]1ccc(N(c2ccccc2)c2ccccc2)cc1-c1ccccn1. The van der Waals surface area contributed by atoms with Gasteiger partial charge >= 0.3 is 0 Å². The van der Waals surface area contributed by atoms with Crippen LogP contribution in [0.3, 0.4) is 0 Å². The van der Waals surface area contributed by atoms with Crippen molar-refractivity contribution >= 4 is 66.4 Å². The third-order valence-electron chi connectivity index (χ3n) is 22.1. The minimum Gasteiger partial charge on any atom is -0.497 e. The molecule has 0 saturated heterocycles. The molecule has 20 rings (SSSR count). The van der Waals surface area contributed by atoms with Gasteiger partial charge in [0.25, 0.3) is 0 Å². The molecular weight excluding hydrogens is 2400 g/mol. The molecule has 121 heavy (non-hydrogen) atoms. The number of pyridine rings is 5. The number of ether oxygens (including phenoxy) is 2. The number of fused-ring (bicyclic) bond motifs is 6. The van der Waals surface area contributed by atoms with Crippen LogP contribution < -0.4 is 19.3 Å². The molecular formula is C104H81F3Ir5N7O2-5. The van der Waals surface area contributed by atoms with Crippen LogP contribution in [0.15, 0.2) is 310 Å². The summed E-state index contributed by atoms with van der Waals surface area (Å²) in [5.74, 6) is 1.14. The van der Waals surface area contributed by atoms with E-state index in [-0.39, 0.29) is 129 Å². The second kappa shape index (κ2) is 39.1. The van der Waals surface area contributed by atoms with Crippen molar-refractivity contribution < 1.29 is 123 Å². The van der Waals surface area contributed by atoms with Crippen molar-refractivity contribution in [3.05, 3.63) is 402 Å². The van der Waals surface area contributed by atoms with Gasteiger partial charge in [-0.3, -0.25) is 0 Å². The number of benzene rings is 12. The van der Waals surface area contributed by atoms with Gasteiger partial charge in [0.15, 0.2) is 0 Å².